The third kappa shape index (κ3) is 4.34. The second-order valence-corrected chi connectivity index (χ2v) is 7.24. The molecule has 3 amide bonds. The van der Waals surface area contributed by atoms with Crippen molar-refractivity contribution in [1.82, 2.24) is 24.9 Å². The van der Waals surface area contributed by atoms with E-state index in [0.29, 0.717) is 35.2 Å². The first-order valence-corrected chi connectivity index (χ1v) is 10.2. The monoisotopic (exact) mass is 434 g/mol. The van der Waals surface area contributed by atoms with Crippen molar-refractivity contribution >= 4 is 23.4 Å². The van der Waals surface area contributed by atoms with E-state index in [1.165, 1.54) is 15.8 Å². The lowest BCUT2D eigenvalue weighted by Gasteiger charge is -2.14. The second kappa shape index (κ2) is 8.96. The predicted molar refractivity (Wildman–Crippen MR) is 114 cm³/mol. The van der Waals surface area contributed by atoms with Crippen molar-refractivity contribution in [2.24, 2.45) is 0 Å². The average molecular weight is 434 g/mol. The van der Waals surface area contributed by atoms with E-state index in [0.717, 1.165) is 5.56 Å². The molecule has 1 aliphatic rings. The summed E-state index contributed by atoms with van der Waals surface area (Å²) in [4.78, 5) is 37.5. The molecule has 10 heteroatoms. The Hall–Kier alpha value is -4.08. The zero-order valence-corrected chi connectivity index (χ0v) is 17.7. The number of anilines is 1. The molecule has 1 saturated heterocycles. The standard InChI is InChI=1S/C22H22N6O4/c1-3-32-19-9-8-18(25-26-19)28-14(2)17(12-23-28)22(31)24-16-6-4-15(5-7-16)13-27-20(29)10-11-21(27)30/h4-9,12H,3,10-11,13H2,1-2H3,(H,24,31). The summed E-state index contributed by atoms with van der Waals surface area (Å²) < 4.78 is 6.82. The van der Waals surface area contributed by atoms with Crippen molar-refractivity contribution in [3.05, 3.63) is 59.4 Å². The number of imide groups is 1. The molecule has 0 radical (unpaired) electrons. The Labute approximate surface area is 184 Å². The molecule has 0 bridgehead atoms. The number of hydrogen-bond acceptors (Lipinski definition) is 7. The van der Waals surface area contributed by atoms with Gasteiger partial charge in [0.25, 0.3) is 5.91 Å². The molecule has 4 rings (SSSR count). The Morgan fingerprint density at radius 1 is 1.06 bits per heavy atom. The van der Waals surface area contributed by atoms with Gasteiger partial charge in [-0.2, -0.15) is 5.10 Å². The van der Waals surface area contributed by atoms with Crippen molar-refractivity contribution < 1.29 is 19.1 Å². The fourth-order valence-corrected chi connectivity index (χ4v) is 3.39. The second-order valence-electron chi connectivity index (χ2n) is 7.24. The molecule has 32 heavy (non-hydrogen) atoms. The van der Waals surface area contributed by atoms with Crippen molar-refractivity contribution in [3.8, 4) is 11.7 Å². The number of rotatable bonds is 7. The molecule has 0 unspecified atom stereocenters. The minimum atomic E-state index is -0.315. The summed E-state index contributed by atoms with van der Waals surface area (Å²) in [5.41, 5.74) is 2.41. The molecule has 3 heterocycles. The van der Waals surface area contributed by atoms with Crippen molar-refractivity contribution in [3.63, 3.8) is 0 Å². The van der Waals surface area contributed by atoms with E-state index in [2.05, 4.69) is 20.6 Å². The highest BCUT2D eigenvalue weighted by Crippen LogP contribution is 2.19. The number of carbonyl (C=O) groups excluding carboxylic acids is 3. The van der Waals surface area contributed by atoms with Crippen LogP contribution in [0.3, 0.4) is 0 Å². The van der Waals surface area contributed by atoms with Crippen LogP contribution in [0.2, 0.25) is 0 Å². The quantitative estimate of drug-likeness (QED) is 0.567. The lowest BCUT2D eigenvalue weighted by molar-refractivity contribution is -0.139. The summed E-state index contributed by atoms with van der Waals surface area (Å²) in [5.74, 6) is 0.265. The maximum atomic E-state index is 12.8. The maximum absolute atomic E-state index is 12.8. The Morgan fingerprint density at radius 2 is 1.78 bits per heavy atom. The van der Waals surface area contributed by atoms with Gasteiger partial charge in [0.15, 0.2) is 5.82 Å². The van der Waals surface area contributed by atoms with Crippen LogP contribution < -0.4 is 10.1 Å². The average Bonchev–Trinajstić information content (AvgIpc) is 3.33. The lowest BCUT2D eigenvalue weighted by atomic mass is 10.2. The molecule has 0 aliphatic carbocycles. The van der Waals surface area contributed by atoms with Crippen molar-refractivity contribution in [1.29, 1.82) is 0 Å². The highest BCUT2D eigenvalue weighted by atomic mass is 16.5. The smallest absolute Gasteiger partial charge is 0.259 e. The number of carbonyl (C=O) groups is 3. The van der Waals surface area contributed by atoms with Gasteiger partial charge in [0, 0.05) is 24.6 Å². The van der Waals surface area contributed by atoms with Crippen LogP contribution in [0.25, 0.3) is 5.82 Å². The molecule has 1 N–H and O–H groups in total. The number of aromatic nitrogens is 4. The number of ether oxygens (including phenoxy) is 1. The normalized spacial score (nSPS) is 13.5. The zero-order chi connectivity index (χ0) is 22.7. The highest BCUT2D eigenvalue weighted by molar-refractivity contribution is 6.05. The largest absolute Gasteiger partial charge is 0.477 e. The van der Waals surface area contributed by atoms with E-state index in [1.54, 1.807) is 43.3 Å². The number of nitrogens with one attached hydrogen (secondary N) is 1. The van der Waals surface area contributed by atoms with Gasteiger partial charge in [-0.05, 0) is 37.6 Å². The molecule has 1 fully saturated rings. The van der Waals surface area contributed by atoms with E-state index in [-0.39, 0.29) is 37.1 Å². The summed E-state index contributed by atoms with van der Waals surface area (Å²) in [5, 5.41) is 15.2. The summed E-state index contributed by atoms with van der Waals surface area (Å²) in [6, 6.07) is 10.4. The maximum Gasteiger partial charge on any atom is 0.259 e. The van der Waals surface area contributed by atoms with Gasteiger partial charge in [-0.15, -0.1) is 10.2 Å². The third-order valence-corrected chi connectivity index (χ3v) is 5.10. The summed E-state index contributed by atoms with van der Waals surface area (Å²) in [6.07, 6.45) is 2.01. The molecule has 1 aromatic carbocycles. The van der Waals surface area contributed by atoms with Crippen LogP contribution in [-0.2, 0) is 16.1 Å². The molecular weight excluding hydrogens is 412 g/mol. The van der Waals surface area contributed by atoms with Gasteiger partial charge in [-0.25, -0.2) is 4.68 Å². The van der Waals surface area contributed by atoms with E-state index in [4.69, 9.17) is 4.74 Å². The van der Waals surface area contributed by atoms with Gasteiger partial charge in [0.05, 0.1) is 30.6 Å². The lowest BCUT2D eigenvalue weighted by Crippen LogP contribution is -2.28. The predicted octanol–water partition coefficient (Wildman–Crippen LogP) is 2.27. The first-order chi connectivity index (χ1) is 15.5. The van der Waals surface area contributed by atoms with Gasteiger partial charge < -0.3 is 10.1 Å². The molecule has 0 atom stereocenters. The number of hydrogen-bond donors (Lipinski definition) is 1. The molecule has 2 aromatic heterocycles. The Bertz CT molecular complexity index is 1140. The first kappa shape index (κ1) is 21.2. The van der Waals surface area contributed by atoms with Crippen molar-refractivity contribution in [2.45, 2.75) is 33.2 Å². The summed E-state index contributed by atoms with van der Waals surface area (Å²) in [6.45, 7) is 4.36. The number of amides is 3. The van der Waals surface area contributed by atoms with Crippen LogP contribution in [0.5, 0.6) is 5.88 Å². The molecule has 164 valence electrons. The Kier molecular flexibility index (Phi) is 5.93. The van der Waals surface area contributed by atoms with E-state index < -0.39 is 0 Å². The number of likely N-dealkylation sites (tertiary alicyclic amines) is 1. The molecular formula is C22H22N6O4. The zero-order valence-electron chi connectivity index (χ0n) is 17.7. The summed E-state index contributed by atoms with van der Waals surface area (Å²) in [7, 11) is 0. The van der Waals surface area contributed by atoms with Crippen LogP contribution in [0.4, 0.5) is 5.69 Å². The molecule has 0 saturated carbocycles. The summed E-state index contributed by atoms with van der Waals surface area (Å²) >= 11 is 0. The fraction of sp³-hybridized carbons (Fsp3) is 0.273. The molecule has 10 nitrogen and oxygen atoms in total. The van der Waals surface area contributed by atoms with Crippen LogP contribution in [0.1, 0.15) is 41.4 Å². The molecule has 3 aromatic rings. The Morgan fingerprint density at radius 3 is 2.41 bits per heavy atom. The van der Waals surface area contributed by atoms with Gasteiger partial charge in [-0.1, -0.05) is 12.1 Å². The minimum Gasteiger partial charge on any atom is -0.477 e. The van der Waals surface area contributed by atoms with Crippen LogP contribution in [0.15, 0.2) is 42.6 Å². The number of benzene rings is 1. The number of nitrogens with zero attached hydrogens (tertiary/aromatic N) is 5. The fourth-order valence-electron chi connectivity index (χ4n) is 3.39. The van der Waals surface area contributed by atoms with Gasteiger partial charge >= 0.3 is 0 Å². The van der Waals surface area contributed by atoms with Crippen LogP contribution in [0, 0.1) is 6.92 Å². The Balaban J connectivity index is 1.43. The van der Waals surface area contributed by atoms with Crippen molar-refractivity contribution in [2.75, 3.05) is 11.9 Å². The van der Waals surface area contributed by atoms with Crippen LogP contribution >= 0.6 is 0 Å². The molecule has 0 spiro atoms. The SMILES string of the molecule is CCOc1ccc(-n2ncc(C(=O)Nc3ccc(CN4C(=O)CCC4=O)cc3)c2C)nn1. The van der Waals surface area contributed by atoms with E-state index in [9.17, 15) is 14.4 Å². The van der Waals surface area contributed by atoms with Crippen LogP contribution in [-0.4, -0.2) is 49.2 Å². The minimum absolute atomic E-state index is 0.155. The topological polar surface area (TPSA) is 119 Å². The van der Waals surface area contributed by atoms with E-state index >= 15 is 0 Å². The third-order valence-electron chi connectivity index (χ3n) is 5.10. The highest BCUT2D eigenvalue weighted by Gasteiger charge is 2.28. The van der Waals surface area contributed by atoms with Gasteiger partial charge in [0.1, 0.15) is 0 Å². The van der Waals surface area contributed by atoms with Gasteiger partial charge in [-0.3, -0.25) is 19.3 Å². The first-order valence-electron chi connectivity index (χ1n) is 10.2. The molecule has 1 aliphatic heterocycles. The van der Waals surface area contributed by atoms with Gasteiger partial charge in [0.2, 0.25) is 17.7 Å². The van der Waals surface area contributed by atoms with E-state index in [1.807, 2.05) is 6.92 Å².